The lowest BCUT2D eigenvalue weighted by molar-refractivity contribution is -0.0197. The Balaban J connectivity index is 2.37. The zero-order valence-corrected chi connectivity index (χ0v) is 9.56. The Labute approximate surface area is 95.2 Å². The van der Waals surface area contributed by atoms with E-state index in [1.54, 1.807) is 24.3 Å². The molecule has 0 saturated carbocycles. The van der Waals surface area contributed by atoms with Crippen molar-refractivity contribution in [2.75, 3.05) is 13.2 Å². The number of hydrogen-bond donors (Lipinski definition) is 2. The number of hydroxylamine groups is 1. The van der Waals surface area contributed by atoms with Crippen LogP contribution in [0.1, 0.15) is 24.2 Å². The molecule has 1 amide bonds. The summed E-state index contributed by atoms with van der Waals surface area (Å²) in [6.45, 7) is 3.97. The SMILES string of the molecule is CC(C)(CO)CONC(=O)c1ccccc1. The molecule has 1 rings (SSSR count). The topological polar surface area (TPSA) is 58.6 Å². The fourth-order valence-electron chi connectivity index (χ4n) is 0.991. The standard InChI is InChI=1S/C12H17NO3/c1-12(2,8-14)9-16-13-11(15)10-6-4-3-5-7-10/h3-7,14H,8-9H2,1-2H3,(H,13,15). The molecule has 0 aliphatic rings. The fourth-order valence-corrected chi connectivity index (χ4v) is 0.991. The molecule has 0 fully saturated rings. The lowest BCUT2D eigenvalue weighted by Gasteiger charge is -2.20. The van der Waals surface area contributed by atoms with Crippen LogP contribution >= 0.6 is 0 Å². The maximum absolute atomic E-state index is 11.5. The molecule has 88 valence electrons. The van der Waals surface area contributed by atoms with Gasteiger partial charge in [0, 0.05) is 11.0 Å². The van der Waals surface area contributed by atoms with Crippen molar-refractivity contribution in [3.05, 3.63) is 35.9 Å². The monoisotopic (exact) mass is 223 g/mol. The molecular formula is C12H17NO3. The Morgan fingerprint density at radius 1 is 1.38 bits per heavy atom. The zero-order valence-electron chi connectivity index (χ0n) is 9.56. The van der Waals surface area contributed by atoms with Gasteiger partial charge in [-0.05, 0) is 12.1 Å². The van der Waals surface area contributed by atoms with Crippen LogP contribution in [0.5, 0.6) is 0 Å². The summed E-state index contributed by atoms with van der Waals surface area (Å²) in [5.74, 6) is -0.283. The second kappa shape index (κ2) is 5.63. The quantitative estimate of drug-likeness (QED) is 0.741. The smallest absolute Gasteiger partial charge is 0.274 e. The molecule has 0 aromatic heterocycles. The number of nitrogens with one attached hydrogen (secondary N) is 1. The van der Waals surface area contributed by atoms with Crippen molar-refractivity contribution < 1.29 is 14.7 Å². The van der Waals surface area contributed by atoms with Crippen LogP contribution in [0.25, 0.3) is 0 Å². The van der Waals surface area contributed by atoms with Crippen molar-refractivity contribution in [3.8, 4) is 0 Å². The Morgan fingerprint density at radius 2 is 2.00 bits per heavy atom. The van der Waals surface area contributed by atoms with Gasteiger partial charge in [0.25, 0.3) is 5.91 Å². The lowest BCUT2D eigenvalue weighted by Crippen LogP contribution is -2.31. The van der Waals surface area contributed by atoms with Gasteiger partial charge < -0.3 is 5.11 Å². The summed E-state index contributed by atoms with van der Waals surface area (Å²) in [6, 6.07) is 8.82. The predicted octanol–water partition coefficient (Wildman–Crippen LogP) is 1.37. The number of aliphatic hydroxyl groups is 1. The summed E-state index contributed by atoms with van der Waals surface area (Å²) in [5, 5.41) is 8.98. The lowest BCUT2D eigenvalue weighted by atomic mass is 9.97. The first-order chi connectivity index (χ1) is 7.55. The summed E-state index contributed by atoms with van der Waals surface area (Å²) >= 11 is 0. The van der Waals surface area contributed by atoms with Crippen molar-refractivity contribution in [1.29, 1.82) is 0 Å². The summed E-state index contributed by atoms with van der Waals surface area (Å²) in [4.78, 5) is 16.6. The minimum Gasteiger partial charge on any atom is -0.396 e. The van der Waals surface area contributed by atoms with Gasteiger partial charge in [-0.2, -0.15) is 0 Å². The molecule has 4 nitrogen and oxygen atoms in total. The Hall–Kier alpha value is -1.39. The third-order valence-electron chi connectivity index (χ3n) is 2.09. The molecule has 0 radical (unpaired) electrons. The van der Waals surface area contributed by atoms with E-state index in [2.05, 4.69) is 5.48 Å². The van der Waals surface area contributed by atoms with Crippen molar-refractivity contribution in [2.24, 2.45) is 5.41 Å². The van der Waals surface area contributed by atoms with E-state index in [4.69, 9.17) is 9.94 Å². The zero-order chi connectivity index (χ0) is 12.0. The van der Waals surface area contributed by atoms with Gasteiger partial charge in [-0.15, -0.1) is 0 Å². The second-order valence-corrected chi connectivity index (χ2v) is 4.41. The van der Waals surface area contributed by atoms with E-state index in [1.165, 1.54) is 0 Å². The first-order valence-electron chi connectivity index (χ1n) is 5.13. The molecule has 0 bridgehead atoms. The molecule has 0 saturated heterocycles. The van der Waals surface area contributed by atoms with E-state index in [9.17, 15) is 4.79 Å². The number of amides is 1. The van der Waals surface area contributed by atoms with Gasteiger partial charge in [0.05, 0.1) is 13.2 Å². The van der Waals surface area contributed by atoms with E-state index in [-0.39, 0.29) is 24.5 Å². The first kappa shape index (κ1) is 12.7. The van der Waals surface area contributed by atoms with Crippen LogP contribution in [0.2, 0.25) is 0 Å². The molecule has 2 N–H and O–H groups in total. The van der Waals surface area contributed by atoms with E-state index >= 15 is 0 Å². The van der Waals surface area contributed by atoms with Gasteiger partial charge in [-0.3, -0.25) is 9.63 Å². The largest absolute Gasteiger partial charge is 0.396 e. The highest BCUT2D eigenvalue weighted by Crippen LogP contribution is 2.12. The minimum atomic E-state index is -0.357. The summed E-state index contributed by atoms with van der Waals surface area (Å²) in [5.41, 5.74) is 2.53. The number of hydrogen-bond acceptors (Lipinski definition) is 3. The Bertz CT molecular complexity index is 335. The van der Waals surface area contributed by atoms with Gasteiger partial charge in [0.15, 0.2) is 0 Å². The molecule has 1 aromatic rings. The van der Waals surface area contributed by atoms with Crippen LogP contribution in [0.3, 0.4) is 0 Å². The van der Waals surface area contributed by atoms with Crippen molar-refractivity contribution in [1.82, 2.24) is 5.48 Å². The number of carbonyl (C=O) groups excluding carboxylic acids is 1. The number of aliphatic hydroxyl groups excluding tert-OH is 1. The van der Waals surface area contributed by atoms with E-state index in [1.807, 2.05) is 19.9 Å². The summed E-state index contributed by atoms with van der Waals surface area (Å²) in [7, 11) is 0. The molecule has 0 spiro atoms. The minimum absolute atomic E-state index is 0.00814. The van der Waals surface area contributed by atoms with Gasteiger partial charge in [-0.1, -0.05) is 32.0 Å². The summed E-state index contributed by atoms with van der Waals surface area (Å²) < 4.78 is 0. The average molecular weight is 223 g/mol. The van der Waals surface area contributed by atoms with Crippen molar-refractivity contribution in [3.63, 3.8) is 0 Å². The van der Waals surface area contributed by atoms with Gasteiger partial charge in [0.1, 0.15) is 0 Å². The third kappa shape index (κ3) is 4.00. The Morgan fingerprint density at radius 3 is 2.56 bits per heavy atom. The fraction of sp³-hybridized carbons (Fsp3) is 0.417. The number of rotatable bonds is 5. The van der Waals surface area contributed by atoms with Crippen molar-refractivity contribution in [2.45, 2.75) is 13.8 Å². The second-order valence-electron chi connectivity index (χ2n) is 4.41. The van der Waals surface area contributed by atoms with E-state index in [0.717, 1.165) is 0 Å². The first-order valence-corrected chi connectivity index (χ1v) is 5.13. The molecular weight excluding hydrogens is 206 g/mol. The highest BCUT2D eigenvalue weighted by atomic mass is 16.7. The van der Waals surface area contributed by atoms with Crippen LogP contribution < -0.4 is 5.48 Å². The van der Waals surface area contributed by atoms with Gasteiger partial charge in [-0.25, -0.2) is 5.48 Å². The summed E-state index contributed by atoms with van der Waals surface area (Å²) in [6.07, 6.45) is 0. The molecule has 0 heterocycles. The molecule has 0 unspecified atom stereocenters. The predicted molar refractivity (Wildman–Crippen MR) is 60.7 cm³/mol. The highest BCUT2D eigenvalue weighted by Gasteiger charge is 2.17. The molecule has 0 aliphatic heterocycles. The number of carbonyl (C=O) groups is 1. The van der Waals surface area contributed by atoms with Gasteiger partial charge >= 0.3 is 0 Å². The molecule has 0 aliphatic carbocycles. The maximum atomic E-state index is 11.5. The number of benzene rings is 1. The third-order valence-corrected chi connectivity index (χ3v) is 2.09. The van der Waals surface area contributed by atoms with Gasteiger partial charge in [0.2, 0.25) is 0 Å². The van der Waals surface area contributed by atoms with Crippen LogP contribution in [0.15, 0.2) is 30.3 Å². The Kier molecular flexibility index (Phi) is 4.46. The van der Waals surface area contributed by atoms with Crippen LogP contribution in [-0.2, 0) is 4.84 Å². The molecule has 1 aromatic carbocycles. The maximum Gasteiger partial charge on any atom is 0.274 e. The van der Waals surface area contributed by atoms with Crippen LogP contribution in [0, 0.1) is 5.41 Å². The molecule has 4 heteroatoms. The van der Waals surface area contributed by atoms with Crippen LogP contribution in [-0.4, -0.2) is 24.2 Å². The molecule has 16 heavy (non-hydrogen) atoms. The normalized spacial score (nSPS) is 11.2. The van der Waals surface area contributed by atoms with E-state index in [0.29, 0.717) is 5.56 Å². The van der Waals surface area contributed by atoms with E-state index < -0.39 is 0 Å². The molecule has 0 atom stereocenters. The van der Waals surface area contributed by atoms with Crippen LogP contribution in [0.4, 0.5) is 0 Å². The van der Waals surface area contributed by atoms with Crippen molar-refractivity contribution >= 4 is 5.91 Å². The average Bonchev–Trinajstić information content (AvgIpc) is 2.30. The highest BCUT2D eigenvalue weighted by molar-refractivity contribution is 5.93.